The standard InChI is InChI=1S/C22H18F3NO3/c23-22(24,25)20-11-15(17-3-1-2-4-19(17)26-20)12-29-16-7-5-13(6-8-16)9-14-10-18(14)21(27)28/h1-8,11,14,18H,9-10,12H2,(H,27,28)/t14-,18+/m1/s1. The average Bonchev–Trinajstić information content (AvgIpc) is 3.46. The van der Waals surface area contributed by atoms with Crippen LogP contribution < -0.4 is 4.74 Å². The van der Waals surface area contributed by atoms with Crippen LogP contribution in [0.1, 0.15) is 23.2 Å². The highest BCUT2D eigenvalue weighted by Crippen LogP contribution is 2.41. The zero-order valence-corrected chi connectivity index (χ0v) is 15.3. The third-order valence-electron chi connectivity index (χ3n) is 5.15. The van der Waals surface area contributed by atoms with E-state index >= 15 is 0 Å². The van der Waals surface area contributed by atoms with E-state index in [1.165, 1.54) is 0 Å². The Morgan fingerprint density at radius 1 is 1.14 bits per heavy atom. The molecule has 0 unspecified atom stereocenters. The Labute approximate surface area is 165 Å². The molecule has 0 radical (unpaired) electrons. The maximum Gasteiger partial charge on any atom is 0.433 e. The van der Waals surface area contributed by atoms with E-state index in [0.717, 1.165) is 11.6 Å². The fourth-order valence-corrected chi connectivity index (χ4v) is 3.47. The van der Waals surface area contributed by atoms with Crippen molar-refractivity contribution < 1.29 is 27.8 Å². The van der Waals surface area contributed by atoms with Crippen LogP contribution in [-0.4, -0.2) is 16.1 Å². The molecule has 3 aromatic rings. The van der Waals surface area contributed by atoms with Crippen LogP contribution in [0.5, 0.6) is 5.75 Å². The minimum absolute atomic E-state index is 0.0187. The first-order valence-corrected chi connectivity index (χ1v) is 9.21. The third kappa shape index (κ3) is 4.34. The first kappa shape index (κ1) is 19.2. The van der Waals surface area contributed by atoms with Gasteiger partial charge in [-0.15, -0.1) is 0 Å². The van der Waals surface area contributed by atoms with Gasteiger partial charge in [0.2, 0.25) is 0 Å². The van der Waals surface area contributed by atoms with Gasteiger partial charge in [0, 0.05) is 10.9 Å². The van der Waals surface area contributed by atoms with Crippen molar-refractivity contribution in [3.8, 4) is 5.75 Å². The van der Waals surface area contributed by atoms with E-state index in [9.17, 15) is 18.0 Å². The summed E-state index contributed by atoms with van der Waals surface area (Å²) in [7, 11) is 0. The van der Waals surface area contributed by atoms with Gasteiger partial charge < -0.3 is 9.84 Å². The van der Waals surface area contributed by atoms with Gasteiger partial charge in [-0.25, -0.2) is 4.98 Å². The average molecular weight is 401 g/mol. The van der Waals surface area contributed by atoms with Crippen LogP contribution in [0.25, 0.3) is 10.9 Å². The predicted octanol–water partition coefficient (Wildman–Crippen LogP) is 5.10. The molecule has 1 saturated carbocycles. The molecule has 1 aliphatic rings. The second-order valence-corrected chi connectivity index (χ2v) is 7.26. The molecule has 0 aliphatic heterocycles. The van der Waals surface area contributed by atoms with Crippen molar-refractivity contribution in [3.63, 3.8) is 0 Å². The Bertz CT molecular complexity index is 1050. The Balaban J connectivity index is 1.47. The molecule has 1 N–H and O–H groups in total. The molecule has 1 aliphatic carbocycles. The number of fused-ring (bicyclic) bond motifs is 1. The normalized spacial score (nSPS) is 18.6. The second-order valence-electron chi connectivity index (χ2n) is 7.26. The van der Waals surface area contributed by atoms with Crippen LogP contribution in [-0.2, 0) is 24.0 Å². The highest BCUT2D eigenvalue weighted by molar-refractivity contribution is 5.82. The summed E-state index contributed by atoms with van der Waals surface area (Å²) >= 11 is 0. The fourth-order valence-electron chi connectivity index (χ4n) is 3.47. The van der Waals surface area contributed by atoms with Gasteiger partial charge in [0.05, 0.1) is 11.4 Å². The number of ether oxygens (including phenoxy) is 1. The van der Waals surface area contributed by atoms with Gasteiger partial charge in [-0.2, -0.15) is 13.2 Å². The van der Waals surface area contributed by atoms with E-state index in [-0.39, 0.29) is 24.0 Å². The van der Waals surface area contributed by atoms with Crippen LogP contribution in [0.2, 0.25) is 0 Å². The largest absolute Gasteiger partial charge is 0.489 e. The number of aliphatic carboxylic acids is 1. The molecule has 4 rings (SSSR count). The Hall–Kier alpha value is -3.09. The SMILES string of the molecule is O=C(O)[C@H]1C[C@H]1Cc1ccc(OCc2cc(C(F)(F)F)nc3ccccc23)cc1. The maximum atomic E-state index is 13.2. The van der Waals surface area contributed by atoms with E-state index in [1.54, 1.807) is 36.4 Å². The van der Waals surface area contributed by atoms with Crippen molar-refractivity contribution >= 4 is 16.9 Å². The smallest absolute Gasteiger partial charge is 0.433 e. The first-order valence-electron chi connectivity index (χ1n) is 9.21. The molecular formula is C22H18F3NO3. The van der Waals surface area contributed by atoms with Crippen molar-refractivity contribution in [2.24, 2.45) is 11.8 Å². The molecule has 7 heteroatoms. The Kier molecular flexibility index (Phi) is 4.90. The van der Waals surface area contributed by atoms with Gasteiger partial charge in [0.1, 0.15) is 18.1 Å². The highest BCUT2D eigenvalue weighted by Gasteiger charge is 2.42. The van der Waals surface area contributed by atoms with Gasteiger partial charge in [-0.05, 0) is 48.6 Å². The van der Waals surface area contributed by atoms with Gasteiger partial charge in [-0.1, -0.05) is 30.3 Å². The fraction of sp³-hybridized carbons (Fsp3) is 0.273. The topological polar surface area (TPSA) is 59.4 Å². The quantitative estimate of drug-likeness (QED) is 0.625. The molecule has 0 amide bonds. The number of para-hydroxylation sites is 1. The molecule has 1 heterocycles. The van der Waals surface area contributed by atoms with Crippen molar-refractivity contribution in [3.05, 3.63) is 71.4 Å². The van der Waals surface area contributed by atoms with Crippen LogP contribution in [0, 0.1) is 11.8 Å². The van der Waals surface area contributed by atoms with Gasteiger partial charge in [-0.3, -0.25) is 4.79 Å². The molecular weight excluding hydrogens is 383 g/mol. The number of pyridine rings is 1. The minimum atomic E-state index is -4.53. The number of hydrogen-bond donors (Lipinski definition) is 1. The number of carboxylic acids is 1. The lowest BCUT2D eigenvalue weighted by Crippen LogP contribution is -2.10. The number of halogens is 3. The lowest BCUT2D eigenvalue weighted by atomic mass is 10.1. The molecule has 150 valence electrons. The van der Waals surface area contributed by atoms with Crippen LogP contribution in [0.3, 0.4) is 0 Å². The summed E-state index contributed by atoms with van der Waals surface area (Å²) < 4.78 is 45.2. The van der Waals surface area contributed by atoms with Crippen molar-refractivity contribution in [2.45, 2.75) is 25.6 Å². The lowest BCUT2D eigenvalue weighted by Gasteiger charge is -2.13. The minimum Gasteiger partial charge on any atom is -0.489 e. The van der Waals surface area contributed by atoms with Crippen molar-refractivity contribution in [1.82, 2.24) is 4.98 Å². The lowest BCUT2D eigenvalue weighted by molar-refractivity contribution is -0.141. The van der Waals surface area contributed by atoms with Gasteiger partial charge >= 0.3 is 12.1 Å². The molecule has 29 heavy (non-hydrogen) atoms. The van der Waals surface area contributed by atoms with E-state index in [4.69, 9.17) is 9.84 Å². The number of hydrogen-bond acceptors (Lipinski definition) is 3. The predicted molar refractivity (Wildman–Crippen MR) is 100 cm³/mol. The summed E-state index contributed by atoms with van der Waals surface area (Å²) in [6.07, 6.45) is -3.14. The molecule has 1 fully saturated rings. The number of carboxylic acid groups (broad SMARTS) is 1. The third-order valence-corrected chi connectivity index (χ3v) is 5.15. The monoisotopic (exact) mass is 401 g/mol. The summed E-state index contributed by atoms with van der Waals surface area (Å²) in [4.78, 5) is 14.6. The van der Waals surface area contributed by atoms with Crippen molar-refractivity contribution in [1.29, 1.82) is 0 Å². The summed E-state index contributed by atoms with van der Waals surface area (Å²) in [6.45, 7) is -0.0187. The molecule has 4 nitrogen and oxygen atoms in total. The molecule has 2 atom stereocenters. The number of benzene rings is 2. The molecule has 2 aromatic carbocycles. The molecule has 0 bridgehead atoms. The maximum absolute atomic E-state index is 13.2. The summed E-state index contributed by atoms with van der Waals surface area (Å²) in [5.74, 6) is -0.302. The van der Waals surface area contributed by atoms with Crippen molar-refractivity contribution in [2.75, 3.05) is 0 Å². The number of alkyl halides is 3. The van der Waals surface area contributed by atoms with Gasteiger partial charge in [0.25, 0.3) is 0 Å². The number of carbonyl (C=O) groups is 1. The van der Waals surface area contributed by atoms with E-state index in [1.807, 2.05) is 12.1 Å². The zero-order chi connectivity index (χ0) is 20.6. The summed E-state index contributed by atoms with van der Waals surface area (Å²) in [6, 6.07) is 14.9. The van der Waals surface area contributed by atoms with Crippen LogP contribution in [0.15, 0.2) is 54.6 Å². The van der Waals surface area contributed by atoms with Crippen LogP contribution in [0.4, 0.5) is 13.2 Å². The first-order chi connectivity index (χ1) is 13.8. The van der Waals surface area contributed by atoms with Gasteiger partial charge in [0.15, 0.2) is 0 Å². The van der Waals surface area contributed by atoms with Crippen LogP contribution >= 0.6 is 0 Å². The number of nitrogens with zero attached hydrogens (tertiary/aromatic N) is 1. The molecule has 0 saturated heterocycles. The summed E-state index contributed by atoms with van der Waals surface area (Å²) in [5.41, 5.74) is 0.755. The Morgan fingerprint density at radius 3 is 2.52 bits per heavy atom. The zero-order valence-electron chi connectivity index (χ0n) is 15.3. The second kappa shape index (κ2) is 7.39. The number of aromatic nitrogens is 1. The summed E-state index contributed by atoms with van der Waals surface area (Å²) in [5, 5.41) is 9.59. The molecule has 0 spiro atoms. The number of rotatable bonds is 6. The van der Waals surface area contributed by atoms with E-state index < -0.39 is 17.8 Å². The van der Waals surface area contributed by atoms with E-state index in [0.29, 0.717) is 29.5 Å². The molecule has 1 aromatic heterocycles. The van der Waals surface area contributed by atoms with E-state index in [2.05, 4.69) is 4.98 Å². The highest BCUT2D eigenvalue weighted by atomic mass is 19.4. The Morgan fingerprint density at radius 2 is 1.86 bits per heavy atom.